The van der Waals surface area contributed by atoms with Crippen LogP contribution in [0, 0.1) is 0 Å². The molecule has 0 N–H and O–H groups in total. The second-order valence-corrected chi connectivity index (χ2v) is 9.00. The van der Waals surface area contributed by atoms with Crippen molar-refractivity contribution in [2.24, 2.45) is 0 Å². The van der Waals surface area contributed by atoms with Crippen LogP contribution in [0.2, 0.25) is 0 Å². The summed E-state index contributed by atoms with van der Waals surface area (Å²) >= 11 is 1.78. The van der Waals surface area contributed by atoms with Crippen molar-refractivity contribution in [2.75, 3.05) is 39.3 Å². The van der Waals surface area contributed by atoms with Gasteiger partial charge < -0.3 is 9.80 Å². The van der Waals surface area contributed by atoms with E-state index in [1.165, 1.54) is 10.4 Å². The number of amides is 1. The van der Waals surface area contributed by atoms with Crippen molar-refractivity contribution >= 4 is 17.2 Å². The largest absolute Gasteiger partial charge is 0.416 e. The van der Waals surface area contributed by atoms with Gasteiger partial charge in [-0.3, -0.25) is 9.69 Å². The van der Waals surface area contributed by atoms with Gasteiger partial charge in [0.25, 0.3) is 0 Å². The Morgan fingerprint density at radius 3 is 2.37 bits per heavy atom. The number of halogens is 3. The molecule has 1 fully saturated rings. The minimum atomic E-state index is -4.29. The maximum Gasteiger partial charge on any atom is 0.416 e. The molecule has 2 aliphatic rings. The molecule has 1 aromatic carbocycles. The molecule has 0 saturated carbocycles. The fourth-order valence-electron chi connectivity index (χ4n) is 4.10. The maximum atomic E-state index is 12.7. The smallest absolute Gasteiger partial charge is 0.338 e. The van der Waals surface area contributed by atoms with Crippen molar-refractivity contribution in [2.45, 2.75) is 32.1 Å². The molecule has 2 aromatic rings. The fourth-order valence-corrected chi connectivity index (χ4v) is 4.99. The van der Waals surface area contributed by atoms with E-state index in [2.05, 4.69) is 21.2 Å². The number of benzene rings is 1. The molecule has 4 rings (SSSR count). The predicted molar refractivity (Wildman–Crippen MR) is 111 cm³/mol. The van der Waals surface area contributed by atoms with Crippen LogP contribution in [0.1, 0.15) is 28.0 Å². The van der Waals surface area contributed by atoms with Crippen molar-refractivity contribution in [3.63, 3.8) is 0 Å². The molecule has 4 nitrogen and oxygen atoms in total. The van der Waals surface area contributed by atoms with Gasteiger partial charge in [-0.05, 0) is 41.1 Å². The van der Waals surface area contributed by atoms with Gasteiger partial charge in [0.05, 0.1) is 5.56 Å². The third-order valence-electron chi connectivity index (χ3n) is 5.95. The predicted octanol–water partition coefficient (Wildman–Crippen LogP) is 3.86. The minimum absolute atomic E-state index is 0.221. The molecule has 0 spiro atoms. The van der Waals surface area contributed by atoms with Crippen molar-refractivity contribution in [3.05, 3.63) is 57.3 Å². The van der Waals surface area contributed by atoms with Crippen LogP contribution in [0.25, 0.3) is 0 Å². The van der Waals surface area contributed by atoms with Gasteiger partial charge >= 0.3 is 6.18 Å². The Hall–Kier alpha value is -1.90. The highest BCUT2D eigenvalue weighted by Crippen LogP contribution is 2.29. The Morgan fingerprint density at radius 1 is 0.967 bits per heavy atom. The number of alkyl halides is 3. The van der Waals surface area contributed by atoms with E-state index in [0.29, 0.717) is 13.0 Å². The average Bonchev–Trinajstić information content (AvgIpc) is 3.21. The van der Waals surface area contributed by atoms with Crippen LogP contribution in [-0.2, 0) is 30.5 Å². The summed E-state index contributed by atoms with van der Waals surface area (Å²) in [6.07, 6.45) is -2.79. The summed E-state index contributed by atoms with van der Waals surface area (Å²) in [6, 6.07) is 7.54. The summed E-state index contributed by atoms with van der Waals surface area (Å²) in [5, 5.41) is 2.10. The number of carbonyl (C=O) groups is 1. The van der Waals surface area contributed by atoms with Crippen LogP contribution < -0.4 is 0 Å². The van der Waals surface area contributed by atoms with Gasteiger partial charge in [-0.2, -0.15) is 13.2 Å². The Balaban J connectivity index is 1.18. The Morgan fingerprint density at radius 2 is 1.67 bits per heavy atom. The van der Waals surface area contributed by atoms with E-state index in [4.69, 9.17) is 0 Å². The van der Waals surface area contributed by atoms with Gasteiger partial charge in [-0.15, -0.1) is 11.3 Å². The summed E-state index contributed by atoms with van der Waals surface area (Å²) in [7, 11) is 0. The van der Waals surface area contributed by atoms with Gasteiger partial charge in [0.2, 0.25) is 5.91 Å². The second-order valence-electron chi connectivity index (χ2n) is 8.00. The zero-order valence-corrected chi connectivity index (χ0v) is 17.6. The third-order valence-corrected chi connectivity index (χ3v) is 6.98. The highest BCUT2D eigenvalue weighted by Gasteiger charge is 2.30. The van der Waals surface area contributed by atoms with E-state index in [9.17, 15) is 18.0 Å². The van der Waals surface area contributed by atoms with Gasteiger partial charge in [-0.1, -0.05) is 12.1 Å². The Kier molecular flexibility index (Phi) is 6.46. The van der Waals surface area contributed by atoms with Crippen LogP contribution in [-0.4, -0.2) is 59.9 Å². The first kappa shape index (κ1) is 21.3. The van der Waals surface area contributed by atoms with Gasteiger partial charge in [0, 0.05) is 63.7 Å². The van der Waals surface area contributed by atoms with Crippen LogP contribution in [0.15, 0.2) is 35.7 Å². The lowest BCUT2D eigenvalue weighted by atomic mass is 10.1. The number of thiophene rings is 1. The number of carbonyl (C=O) groups excluding carboxylic acids is 1. The van der Waals surface area contributed by atoms with Crippen LogP contribution in [0.5, 0.6) is 0 Å². The molecule has 162 valence electrons. The van der Waals surface area contributed by atoms with E-state index in [-0.39, 0.29) is 5.91 Å². The highest BCUT2D eigenvalue weighted by atomic mass is 32.1. The highest BCUT2D eigenvalue weighted by molar-refractivity contribution is 7.10. The zero-order chi connectivity index (χ0) is 21.1. The molecule has 1 saturated heterocycles. The quantitative estimate of drug-likeness (QED) is 0.711. The van der Waals surface area contributed by atoms with E-state index in [1.807, 2.05) is 4.90 Å². The number of fused-ring (bicyclic) bond motifs is 1. The van der Waals surface area contributed by atoms with E-state index in [0.717, 1.165) is 69.9 Å². The van der Waals surface area contributed by atoms with E-state index in [1.54, 1.807) is 23.5 Å². The van der Waals surface area contributed by atoms with Crippen LogP contribution >= 0.6 is 11.3 Å². The normalized spacial score (nSPS) is 18.4. The fraction of sp³-hybridized carbons (Fsp3) is 0.500. The SMILES string of the molecule is O=C(CCN1CCN(Cc2ccc(C(F)(F)F)cc2)CC1)N1CCc2sccc2C1. The summed E-state index contributed by atoms with van der Waals surface area (Å²) < 4.78 is 38.0. The third kappa shape index (κ3) is 5.22. The molecule has 3 heterocycles. The molecular formula is C22H26F3N3OS. The lowest BCUT2D eigenvalue weighted by Gasteiger charge is -2.35. The molecule has 0 bridgehead atoms. The lowest BCUT2D eigenvalue weighted by Crippen LogP contribution is -2.47. The number of piperazine rings is 1. The molecule has 2 aliphatic heterocycles. The number of hydrogen-bond donors (Lipinski definition) is 0. The minimum Gasteiger partial charge on any atom is -0.338 e. The van der Waals surface area contributed by atoms with E-state index >= 15 is 0 Å². The Bertz CT molecular complexity index is 857. The monoisotopic (exact) mass is 437 g/mol. The van der Waals surface area contributed by atoms with Crippen LogP contribution in [0.3, 0.4) is 0 Å². The van der Waals surface area contributed by atoms with Crippen molar-refractivity contribution in [3.8, 4) is 0 Å². The molecule has 0 atom stereocenters. The Labute approximate surface area is 178 Å². The summed E-state index contributed by atoms with van der Waals surface area (Å²) in [6.45, 7) is 6.44. The first-order valence-electron chi connectivity index (χ1n) is 10.3. The van der Waals surface area contributed by atoms with Crippen molar-refractivity contribution in [1.29, 1.82) is 0 Å². The number of nitrogens with zero attached hydrogens (tertiary/aromatic N) is 3. The molecule has 0 unspecified atom stereocenters. The van der Waals surface area contributed by atoms with Gasteiger partial charge in [0.1, 0.15) is 0 Å². The molecular weight excluding hydrogens is 411 g/mol. The number of rotatable bonds is 5. The van der Waals surface area contributed by atoms with E-state index < -0.39 is 11.7 Å². The van der Waals surface area contributed by atoms with Crippen LogP contribution in [0.4, 0.5) is 13.2 Å². The molecule has 0 radical (unpaired) electrons. The van der Waals surface area contributed by atoms with Crippen molar-refractivity contribution < 1.29 is 18.0 Å². The first-order chi connectivity index (χ1) is 14.4. The summed E-state index contributed by atoms with van der Waals surface area (Å²) in [5.74, 6) is 0.221. The van der Waals surface area contributed by atoms with Crippen molar-refractivity contribution in [1.82, 2.24) is 14.7 Å². The molecule has 1 amide bonds. The first-order valence-corrected chi connectivity index (χ1v) is 11.2. The van der Waals surface area contributed by atoms with Gasteiger partial charge in [0.15, 0.2) is 0 Å². The standard InChI is InChI=1S/C22H26F3N3OS/c23-22(24,25)19-3-1-17(2-4-19)15-27-12-10-26(11-13-27)8-6-21(29)28-9-5-20-18(16-28)7-14-30-20/h1-4,7,14H,5-6,8-13,15-16H2. The topological polar surface area (TPSA) is 26.8 Å². The number of hydrogen-bond acceptors (Lipinski definition) is 4. The summed E-state index contributed by atoms with van der Waals surface area (Å²) in [5.41, 5.74) is 1.57. The average molecular weight is 438 g/mol. The summed E-state index contributed by atoms with van der Waals surface area (Å²) in [4.78, 5) is 20.5. The lowest BCUT2D eigenvalue weighted by molar-refractivity contribution is -0.137. The second kappa shape index (κ2) is 9.08. The van der Waals surface area contributed by atoms with Gasteiger partial charge in [-0.25, -0.2) is 0 Å². The zero-order valence-electron chi connectivity index (χ0n) is 16.8. The molecule has 0 aliphatic carbocycles. The molecule has 8 heteroatoms. The molecule has 30 heavy (non-hydrogen) atoms. The maximum absolute atomic E-state index is 12.7. The molecule has 1 aromatic heterocycles.